The highest BCUT2D eigenvalue weighted by atomic mass is 35.5. The lowest BCUT2D eigenvalue weighted by molar-refractivity contribution is -0.142. The Morgan fingerprint density at radius 3 is 2.83 bits per heavy atom. The van der Waals surface area contributed by atoms with E-state index in [1.807, 2.05) is 6.92 Å². The first-order valence-corrected chi connectivity index (χ1v) is 9.89. The van der Waals surface area contributed by atoms with Crippen LogP contribution < -0.4 is 15.8 Å². The highest BCUT2D eigenvalue weighted by Gasteiger charge is 2.44. The van der Waals surface area contributed by atoms with Crippen molar-refractivity contribution in [1.82, 2.24) is 15.7 Å². The number of nitrogens with one attached hydrogen (secondary N) is 2. The van der Waals surface area contributed by atoms with Crippen molar-refractivity contribution >= 4 is 34.5 Å². The molecule has 1 aromatic carbocycles. The van der Waals surface area contributed by atoms with Gasteiger partial charge in [0.25, 0.3) is 5.91 Å². The van der Waals surface area contributed by atoms with E-state index >= 15 is 0 Å². The number of para-hydroxylation sites is 1. The number of anilines is 1. The Hall–Kier alpha value is -2.30. The van der Waals surface area contributed by atoms with Crippen molar-refractivity contribution in [3.05, 3.63) is 57.3 Å². The van der Waals surface area contributed by atoms with Crippen LogP contribution in [0.1, 0.15) is 10.6 Å². The van der Waals surface area contributed by atoms with Crippen molar-refractivity contribution < 1.29 is 22.7 Å². The molecule has 0 saturated heterocycles. The van der Waals surface area contributed by atoms with Crippen molar-refractivity contribution in [2.24, 2.45) is 0 Å². The number of nitrogens with zero attached hydrogens (tertiary/aromatic N) is 2. The Morgan fingerprint density at radius 1 is 1.41 bits per heavy atom. The molecule has 1 aromatic heterocycles. The lowest BCUT2D eigenvalue weighted by Gasteiger charge is -2.25. The number of carbonyl (C=O) groups is 1. The number of hydrogen-bond acceptors (Lipinski definition) is 6. The first-order chi connectivity index (χ1) is 13.8. The molecule has 1 amide bonds. The van der Waals surface area contributed by atoms with Crippen LogP contribution in [0.4, 0.5) is 18.9 Å². The number of halogens is 4. The van der Waals surface area contributed by atoms with Gasteiger partial charge in [0.2, 0.25) is 5.88 Å². The average Bonchev–Trinajstić information content (AvgIpc) is 3.27. The Morgan fingerprint density at radius 2 is 2.17 bits per heavy atom. The largest absolute Gasteiger partial charge is 0.468 e. The van der Waals surface area contributed by atoms with Crippen molar-refractivity contribution in [2.45, 2.75) is 25.6 Å². The molecule has 6 nitrogen and oxygen atoms in total. The Balaban J connectivity index is 1.60. The number of carbonyl (C=O) groups excluding carboxylic acids is 1. The van der Waals surface area contributed by atoms with Gasteiger partial charge in [-0.2, -0.15) is 13.2 Å². The van der Waals surface area contributed by atoms with Crippen molar-refractivity contribution in [3.63, 3.8) is 0 Å². The number of aryl methyl sites for hydroxylation is 1. The summed E-state index contributed by atoms with van der Waals surface area (Å²) < 4.78 is 44.8. The lowest BCUT2D eigenvalue weighted by atomic mass is 10.3. The monoisotopic (exact) mass is 446 g/mol. The van der Waals surface area contributed by atoms with E-state index in [1.165, 1.54) is 11.3 Å². The fraction of sp³-hybridized carbons (Fsp3) is 0.333. The van der Waals surface area contributed by atoms with Gasteiger partial charge in [0, 0.05) is 23.9 Å². The molecule has 11 heteroatoms. The van der Waals surface area contributed by atoms with Crippen LogP contribution in [0.5, 0.6) is 0 Å². The Labute approximate surface area is 174 Å². The third-order valence-electron chi connectivity index (χ3n) is 4.11. The van der Waals surface area contributed by atoms with E-state index in [0.29, 0.717) is 13.0 Å². The van der Waals surface area contributed by atoms with Crippen LogP contribution in [0.3, 0.4) is 0 Å². The number of hydrogen-bond donors (Lipinski definition) is 2. The molecule has 0 bridgehead atoms. The van der Waals surface area contributed by atoms with Crippen LogP contribution in [0, 0.1) is 6.92 Å². The van der Waals surface area contributed by atoms with E-state index in [2.05, 4.69) is 15.7 Å². The minimum Gasteiger partial charge on any atom is -0.468 e. The van der Waals surface area contributed by atoms with E-state index in [0.717, 1.165) is 21.7 Å². The first kappa shape index (κ1) is 21.4. The second-order valence-electron chi connectivity index (χ2n) is 6.19. The van der Waals surface area contributed by atoms with Gasteiger partial charge < -0.3 is 10.1 Å². The van der Waals surface area contributed by atoms with E-state index in [4.69, 9.17) is 16.3 Å². The lowest BCUT2D eigenvalue weighted by Crippen LogP contribution is -2.45. The maximum Gasteiger partial charge on any atom is 0.409 e. The van der Waals surface area contributed by atoms with Crippen LogP contribution in [0.15, 0.2) is 41.7 Å². The normalized spacial score (nSPS) is 16.7. The third kappa shape index (κ3) is 5.40. The molecular weight excluding hydrogens is 429 g/mol. The predicted molar refractivity (Wildman–Crippen MR) is 105 cm³/mol. The Bertz CT molecular complexity index is 903. The molecular formula is C18H18ClF3N4O2S. The molecule has 156 valence electrons. The molecule has 0 fully saturated rings. The molecule has 0 saturated carbocycles. The van der Waals surface area contributed by atoms with Gasteiger partial charge in [0.15, 0.2) is 6.61 Å². The van der Waals surface area contributed by atoms with Gasteiger partial charge in [0.05, 0.1) is 21.9 Å². The number of amides is 1. The summed E-state index contributed by atoms with van der Waals surface area (Å²) in [5.41, 5.74) is 5.23. The number of ether oxygens (including phenoxy) is 1. The molecule has 1 unspecified atom stereocenters. The number of benzene rings is 1. The van der Waals surface area contributed by atoms with Crippen molar-refractivity contribution in [1.29, 1.82) is 0 Å². The molecule has 2 aromatic rings. The van der Waals surface area contributed by atoms with Gasteiger partial charge in [-0.3, -0.25) is 4.79 Å². The maximum absolute atomic E-state index is 13.2. The minimum atomic E-state index is -4.53. The first-order valence-electron chi connectivity index (χ1n) is 8.63. The molecule has 1 aliphatic heterocycles. The van der Waals surface area contributed by atoms with Gasteiger partial charge in [0.1, 0.15) is 6.04 Å². The average molecular weight is 447 g/mol. The second-order valence-corrected chi connectivity index (χ2v) is 7.54. The molecule has 29 heavy (non-hydrogen) atoms. The summed E-state index contributed by atoms with van der Waals surface area (Å²) >= 11 is 7.60. The molecule has 0 aliphatic carbocycles. The molecule has 3 rings (SSSR count). The fourth-order valence-electron chi connectivity index (χ4n) is 2.63. The van der Waals surface area contributed by atoms with E-state index in [-0.39, 0.29) is 16.6 Å². The standard InChI is InChI=1S/C18H18ClF3N4O2S/c1-11-14(29-10-24-11)6-7-23-16(27)9-28-17-8-15(18(20,21)22)25-26(17)13-5-3-2-4-12(13)19/h2-5,8,10,15,25H,6-7,9H2,1H3,(H,23,27). The number of alkyl halides is 3. The summed E-state index contributed by atoms with van der Waals surface area (Å²) in [5, 5.41) is 4.01. The highest BCUT2D eigenvalue weighted by Crippen LogP contribution is 2.33. The topological polar surface area (TPSA) is 66.5 Å². The van der Waals surface area contributed by atoms with Crippen LogP contribution in [-0.2, 0) is 16.0 Å². The molecule has 1 atom stereocenters. The summed E-state index contributed by atoms with van der Waals surface area (Å²) in [7, 11) is 0. The number of rotatable bonds is 7. The van der Waals surface area contributed by atoms with Gasteiger partial charge >= 0.3 is 6.18 Å². The van der Waals surface area contributed by atoms with Gasteiger partial charge in [-0.15, -0.1) is 11.3 Å². The van der Waals surface area contributed by atoms with E-state index in [1.54, 1.807) is 29.8 Å². The molecule has 0 spiro atoms. The summed E-state index contributed by atoms with van der Waals surface area (Å²) in [6.45, 7) is 1.83. The van der Waals surface area contributed by atoms with Crippen molar-refractivity contribution in [2.75, 3.05) is 18.2 Å². The number of thiazole rings is 1. The highest BCUT2D eigenvalue weighted by molar-refractivity contribution is 7.09. The van der Waals surface area contributed by atoms with Crippen LogP contribution >= 0.6 is 22.9 Å². The smallest absolute Gasteiger partial charge is 0.409 e. The SMILES string of the molecule is Cc1ncsc1CCNC(=O)COC1=CC(C(F)(F)F)NN1c1ccccc1Cl. The van der Waals surface area contributed by atoms with Crippen LogP contribution in [0.2, 0.25) is 5.02 Å². The number of hydrazine groups is 1. The second kappa shape index (κ2) is 9.02. The summed E-state index contributed by atoms with van der Waals surface area (Å²) in [6, 6.07) is 4.43. The summed E-state index contributed by atoms with van der Waals surface area (Å²) in [5.74, 6) is -0.587. The zero-order valence-electron chi connectivity index (χ0n) is 15.3. The minimum absolute atomic E-state index is 0.145. The summed E-state index contributed by atoms with van der Waals surface area (Å²) in [4.78, 5) is 17.2. The van der Waals surface area contributed by atoms with Crippen LogP contribution in [-0.4, -0.2) is 36.3 Å². The van der Waals surface area contributed by atoms with Crippen molar-refractivity contribution in [3.8, 4) is 0 Å². The zero-order chi connectivity index (χ0) is 21.0. The molecule has 0 radical (unpaired) electrons. The third-order valence-corrected chi connectivity index (χ3v) is 5.43. The number of aromatic nitrogens is 1. The fourth-order valence-corrected chi connectivity index (χ4v) is 3.63. The van der Waals surface area contributed by atoms with Crippen LogP contribution in [0.25, 0.3) is 0 Å². The van der Waals surface area contributed by atoms with Gasteiger partial charge in [-0.05, 0) is 19.1 Å². The maximum atomic E-state index is 13.2. The van der Waals surface area contributed by atoms with E-state index in [9.17, 15) is 18.0 Å². The Kier molecular flexibility index (Phi) is 6.66. The summed E-state index contributed by atoms with van der Waals surface area (Å²) in [6.07, 6.45) is -3.04. The molecule has 1 aliphatic rings. The predicted octanol–water partition coefficient (Wildman–Crippen LogP) is 3.58. The molecule has 2 heterocycles. The quantitative estimate of drug-likeness (QED) is 0.680. The van der Waals surface area contributed by atoms with E-state index < -0.39 is 24.7 Å². The zero-order valence-corrected chi connectivity index (χ0v) is 16.9. The van der Waals surface area contributed by atoms with Gasteiger partial charge in [-0.1, -0.05) is 23.7 Å². The van der Waals surface area contributed by atoms with Gasteiger partial charge in [-0.25, -0.2) is 15.4 Å². The molecule has 2 N–H and O–H groups in total.